The molecule has 0 rings (SSSR count). The number of unbranched alkanes of at least 4 members (excludes halogenated alkanes) is 2. The van der Waals surface area contributed by atoms with Crippen molar-refractivity contribution in [1.29, 1.82) is 0 Å². The van der Waals surface area contributed by atoms with E-state index in [0.717, 1.165) is 12.8 Å². The third-order valence-corrected chi connectivity index (χ3v) is 0.707. The molecule has 0 heterocycles. The summed E-state index contributed by atoms with van der Waals surface area (Å²) in [6.07, 6.45) is 4.56. The van der Waals surface area contributed by atoms with Crippen LogP contribution in [-0.4, -0.2) is 0 Å². The van der Waals surface area contributed by atoms with Gasteiger partial charge in [-0.1, -0.05) is 26.7 Å². The molecule has 0 fully saturated rings. The van der Waals surface area contributed by atoms with Gasteiger partial charge in [0, 0.05) is 0 Å². The van der Waals surface area contributed by atoms with Crippen LogP contribution in [0.25, 0.3) is 0 Å². The van der Waals surface area contributed by atoms with E-state index in [9.17, 15) is 0 Å². The third-order valence-electron chi connectivity index (χ3n) is 0.707. The Morgan fingerprint density at radius 3 is 0.769 bits per heavy atom. The van der Waals surface area contributed by atoms with Crippen LogP contribution in [0.3, 0.4) is 0 Å². The van der Waals surface area contributed by atoms with Crippen LogP contribution in [0.1, 0.15) is 39.5 Å². The number of hydrogen-bond donors (Lipinski definition) is 0. The van der Waals surface area contributed by atoms with Gasteiger partial charge in [0.15, 0.2) is 0 Å². The molecule has 0 unspecified atom stereocenters. The molecule has 0 radical (unpaired) electrons. The van der Waals surface area contributed by atoms with Crippen LogP contribution < -0.4 is 0 Å². The SMILES string of the molecule is [CH2-]CCC.[CH2-]CCC.[O-2].[O-2].[O-2].[Zr+4].[Zr+4]. The van der Waals surface area contributed by atoms with Gasteiger partial charge >= 0.3 is 52.4 Å². The fraction of sp³-hybridized carbons (Fsp3) is 0.750. The molecular formula is C8H18O3Zr2. The van der Waals surface area contributed by atoms with Crippen LogP contribution >= 0.6 is 0 Å². The van der Waals surface area contributed by atoms with Gasteiger partial charge in [-0.25, -0.2) is 0 Å². The molecule has 0 bridgehead atoms. The number of hydrogen-bond acceptors (Lipinski definition) is 0. The van der Waals surface area contributed by atoms with Crippen LogP contribution in [0.4, 0.5) is 0 Å². The van der Waals surface area contributed by atoms with Crippen LogP contribution in [-0.2, 0) is 68.8 Å². The van der Waals surface area contributed by atoms with Gasteiger partial charge in [0.05, 0.1) is 0 Å². The van der Waals surface area contributed by atoms with E-state index in [4.69, 9.17) is 0 Å². The van der Waals surface area contributed by atoms with Crippen molar-refractivity contribution in [1.82, 2.24) is 0 Å². The average Bonchev–Trinajstić information content (AvgIpc) is 1.88. The zero-order valence-corrected chi connectivity index (χ0v) is 13.4. The van der Waals surface area contributed by atoms with Gasteiger partial charge < -0.3 is 30.3 Å². The van der Waals surface area contributed by atoms with Gasteiger partial charge in [-0.3, -0.25) is 0 Å². The second-order valence-electron chi connectivity index (χ2n) is 1.71. The van der Waals surface area contributed by atoms with Crippen molar-refractivity contribution < 1.29 is 68.8 Å². The molecule has 0 aromatic heterocycles. The van der Waals surface area contributed by atoms with Crippen molar-refractivity contribution in [3.63, 3.8) is 0 Å². The Morgan fingerprint density at radius 2 is 0.769 bits per heavy atom. The predicted molar refractivity (Wildman–Crippen MR) is 42.6 cm³/mol. The first-order chi connectivity index (χ1) is 3.83. The minimum atomic E-state index is 0. The molecule has 0 atom stereocenters. The largest absolute Gasteiger partial charge is 4.00 e. The van der Waals surface area contributed by atoms with Crippen LogP contribution in [0.2, 0.25) is 0 Å². The zero-order valence-electron chi connectivity index (χ0n) is 8.47. The monoisotopic (exact) mass is 342 g/mol. The molecule has 0 aliphatic carbocycles. The molecule has 0 amide bonds. The standard InChI is InChI=1S/2C4H9.3O.2Zr/c2*1-3-4-2;;;;;/h2*1,3-4H2,2H3;;;;;/q2*-1;3*-2;2*+4. The van der Waals surface area contributed by atoms with E-state index in [1.165, 1.54) is 12.8 Å². The van der Waals surface area contributed by atoms with E-state index in [1.54, 1.807) is 0 Å². The molecule has 0 saturated carbocycles. The molecule has 13 heavy (non-hydrogen) atoms. The third kappa shape index (κ3) is 139. The maximum atomic E-state index is 3.60. The minimum absolute atomic E-state index is 0. The van der Waals surface area contributed by atoms with Crippen molar-refractivity contribution in [2.75, 3.05) is 0 Å². The van der Waals surface area contributed by atoms with Gasteiger partial charge in [-0.2, -0.15) is 12.8 Å². The molecule has 0 saturated heterocycles. The van der Waals surface area contributed by atoms with Crippen molar-refractivity contribution in [3.8, 4) is 0 Å². The normalized spacial score (nSPS) is 4.62. The summed E-state index contributed by atoms with van der Waals surface area (Å²) in [5, 5.41) is 0. The Bertz CT molecular complexity index is 25.4. The Hall–Kier alpha value is 1.65. The summed E-state index contributed by atoms with van der Waals surface area (Å²) in [7, 11) is 0. The topological polar surface area (TPSA) is 85.5 Å². The fourth-order valence-corrected chi connectivity index (χ4v) is 0. The van der Waals surface area contributed by atoms with E-state index < -0.39 is 0 Å². The molecule has 5 heteroatoms. The van der Waals surface area contributed by atoms with Crippen molar-refractivity contribution >= 4 is 0 Å². The van der Waals surface area contributed by atoms with E-state index in [2.05, 4.69) is 27.7 Å². The maximum absolute atomic E-state index is 3.60. The van der Waals surface area contributed by atoms with Crippen LogP contribution in [0, 0.1) is 13.8 Å². The summed E-state index contributed by atoms with van der Waals surface area (Å²) in [5.41, 5.74) is 0. The van der Waals surface area contributed by atoms with Gasteiger partial charge in [0.2, 0.25) is 0 Å². The molecule has 3 nitrogen and oxygen atoms in total. The average molecular weight is 345 g/mol. The quantitative estimate of drug-likeness (QED) is 0.690. The van der Waals surface area contributed by atoms with E-state index >= 15 is 0 Å². The summed E-state index contributed by atoms with van der Waals surface area (Å²) in [5.74, 6) is 0. The van der Waals surface area contributed by atoms with E-state index in [1.807, 2.05) is 0 Å². The fourth-order valence-electron chi connectivity index (χ4n) is 0. The Labute approximate surface area is 121 Å². The molecule has 0 aliphatic heterocycles. The van der Waals surface area contributed by atoms with Crippen molar-refractivity contribution in [3.05, 3.63) is 13.8 Å². The number of rotatable bonds is 2. The van der Waals surface area contributed by atoms with Crippen molar-refractivity contribution in [2.24, 2.45) is 0 Å². The van der Waals surface area contributed by atoms with Crippen LogP contribution in [0.5, 0.6) is 0 Å². The summed E-state index contributed by atoms with van der Waals surface area (Å²) >= 11 is 0. The summed E-state index contributed by atoms with van der Waals surface area (Å²) in [4.78, 5) is 0. The molecule has 0 aromatic rings. The Kier molecular flexibility index (Phi) is 246. The van der Waals surface area contributed by atoms with Gasteiger partial charge in [0.1, 0.15) is 0 Å². The molecule has 76 valence electrons. The minimum Gasteiger partial charge on any atom is -2.00 e. The molecule has 0 N–H and O–H groups in total. The first-order valence-electron chi connectivity index (χ1n) is 3.41. The molecule has 0 aromatic carbocycles. The smallest absolute Gasteiger partial charge is 2.00 e. The predicted octanol–water partition coefficient (Wildman–Crippen LogP) is 2.88. The Balaban J connectivity index is -0.00000000800. The maximum Gasteiger partial charge on any atom is 4.00 e. The van der Waals surface area contributed by atoms with Crippen molar-refractivity contribution in [2.45, 2.75) is 39.5 Å². The van der Waals surface area contributed by atoms with Crippen LogP contribution in [0.15, 0.2) is 0 Å². The summed E-state index contributed by atoms with van der Waals surface area (Å²) in [6.45, 7) is 11.4. The van der Waals surface area contributed by atoms with E-state index in [-0.39, 0.29) is 68.8 Å². The van der Waals surface area contributed by atoms with Gasteiger partial charge in [-0.15, -0.1) is 0 Å². The zero-order chi connectivity index (χ0) is 6.83. The Morgan fingerprint density at radius 1 is 0.692 bits per heavy atom. The summed E-state index contributed by atoms with van der Waals surface area (Å²) in [6, 6.07) is 0. The molecular weight excluding hydrogens is 327 g/mol. The molecule has 0 aliphatic rings. The van der Waals surface area contributed by atoms with E-state index in [0.29, 0.717) is 0 Å². The summed E-state index contributed by atoms with van der Waals surface area (Å²) < 4.78 is 0. The second-order valence-corrected chi connectivity index (χ2v) is 1.71. The van der Waals surface area contributed by atoms with Gasteiger partial charge in [0.25, 0.3) is 0 Å². The first-order valence-corrected chi connectivity index (χ1v) is 3.41. The first kappa shape index (κ1) is 46.7. The van der Waals surface area contributed by atoms with Gasteiger partial charge in [-0.05, 0) is 0 Å². The molecule has 0 spiro atoms. The second kappa shape index (κ2) is 68.5.